The Morgan fingerprint density at radius 2 is 1.10 bits per heavy atom. The summed E-state index contributed by atoms with van der Waals surface area (Å²) in [6, 6.07) is 0. The maximum Gasteiger partial charge on any atom is 0.321 e. The molecule has 0 fully saturated rings. The predicted octanol–water partition coefficient (Wildman–Crippen LogP) is -1.45. The van der Waals surface area contributed by atoms with E-state index in [-0.39, 0.29) is 39.3 Å². The van der Waals surface area contributed by atoms with E-state index in [9.17, 15) is 36.6 Å². The third-order valence-electron chi connectivity index (χ3n) is 4.70. The number of carboxylic acids is 2. The van der Waals surface area contributed by atoms with Crippen molar-refractivity contribution in [3.8, 4) is 0 Å². The average Bonchev–Trinajstić information content (AvgIpc) is 2.70. The number of sulfone groups is 2. The first-order chi connectivity index (χ1) is 14.2. The first kappa shape index (κ1) is 29.7. The van der Waals surface area contributed by atoms with E-state index in [4.69, 9.17) is 19.7 Å². The molecule has 0 aromatic carbocycles. The molecule has 0 aliphatic rings. The fraction of sp³-hybridized carbons (Fsp3) is 0.882. The second-order valence-electron chi connectivity index (χ2n) is 7.32. The molecule has 0 rings (SSSR count). The van der Waals surface area contributed by atoms with E-state index in [2.05, 4.69) is 0 Å². The topological polar surface area (TPSA) is 202 Å². The summed E-state index contributed by atoms with van der Waals surface area (Å²) >= 11 is 0. The Hall–Kier alpha value is -1.32. The Balaban J connectivity index is 4.42. The third-order valence-corrected chi connectivity index (χ3v) is 8.97. The zero-order valence-electron chi connectivity index (χ0n) is 17.6. The van der Waals surface area contributed by atoms with Crippen molar-refractivity contribution in [1.82, 2.24) is 0 Å². The summed E-state index contributed by atoms with van der Waals surface area (Å²) in [5.74, 6) is -3.68. The molecule has 0 aliphatic heterocycles. The number of hydrogen-bond donors (Lipinski definition) is 4. The molecule has 0 amide bonds. The Morgan fingerprint density at radius 1 is 0.774 bits per heavy atom. The number of aliphatic hydroxyl groups is 2. The lowest BCUT2D eigenvalue weighted by atomic mass is 9.92. The SMILES string of the molecule is CC(C(=O)O)S(=O)(=O)CCCOCC(CO)(CO)COCCCS(=O)(=O)C(C)C(=O)O. The lowest BCUT2D eigenvalue weighted by Gasteiger charge is -2.29. The molecule has 0 spiro atoms. The standard InChI is InChI=1S/C17H32O12S2/c1-13(15(20)21)30(24,25)7-3-5-28-11-17(9-18,10-19)12-29-6-4-8-31(26,27)14(2)16(22)23/h13-14,18-19H,3-12H2,1-2H3,(H,20,21)(H,22,23). The van der Waals surface area contributed by atoms with Gasteiger partial charge in [-0.25, -0.2) is 16.8 Å². The van der Waals surface area contributed by atoms with Gasteiger partial charge in [0.1, 0.15) is 0 Å². The van der Waals surface area contributed by atoms with Crippen molar-refractivity contribution in [3.05, 3.63) is 0 Å². The van der Waals surface area contributed by atoms with Gasteiger partial charge in [-0.05, 0) is 26.7 Å². The van der Waals surface area contributed by atoms with Crippen LogP contribution in [0.1, 0.15) is 26.7 Å². The molecule has 14 heteroatoms. The molecule has 12 nitrogen and oxygen atoms in total. The zero-order valence-corrected chi connectivity index (χ0v) is 19.2. The van der Waals surface area contributed by atoms with Crippen molar-refractivity contribution in [2.24, 2.45) is 5.41 Å². The average molecular weight is 493 g/mol. The second kappa shape index (κ2) is 13.3. The summed E-state index contributed by atoms with van der Waals surface area (Å²) in [5.41, 5.74) is -1.21. The van der Waals surface area contributed by atoms with Crippen LogP contribution < -0.4 is 0 Å². The van der Waals surface area contributed by atoms with Crippen molar-refractivity contribution in [1.29, 1.82) is 0 Å². The van der Waals surface area contributed by atoms with Crippen LogP contribution in [0.15, 0.2) is 0 Å². The highest BCUT2D eigenvalue weighted by Crippen LogP contribution is 2.18. The molecule has 0 bridgehead atoms. The van der Waals surface area contributed by atoms with Gasteiger partial charge in [0.2, 0.25) is 0 Å². The Kier molecular flexibility index (Phi) is 12.7. The maximum atomic E-state index is 11.8. The third kappa shape index (κ3) is 10.2. The number of aliphatic hydroxyl groups excluding tert-OH is 2. The van der Waals surface area contributed by atoms with Crippen LogP contribution in [-0.2, 0) is 38.7 Å². The zero-order chi connectivity index (χ0) is 24.3. The van der Waals surface area contributed by atoms with E-state index >= 15 is 0 Å². The van der Waals surface area contributed by atoms with Crippen LogP contribution in [-0.4, -0.2) is 111 Å². The quantitative estimate of drug-likeness (QED) is 0.162. The predicted molar refractivity (Wildman–Crippen MR) is 109 cm³/mol. The normalized spacial score (nSPS) is 14.8. The Labute approximate surface area is 182 Å². The molecular formula is C17H32O12S2. The van der Waals surface area contributed by atoms with E-state index < -0.39 is 72.2 Å². The van der Waals surface area contributed by atoms with Crippen LogP contribution in [0.2, 0.25) is 0 Å². The van der Waals surface area contributed by atoms with Gasteiger partial charge in [-0.15, -0.1) is 0 Å². The molecule has 0 saturated carbocycles. The highest BCUT2D eigenvalue weighted by Gasteiger charge is 2.31. The van der Waals surface area contributed by atoms with Crippen LogP contribution >= 0.6 is 0 Å². The second-order valence-corrected chi connectivity index (χ2v) is 12.2. The van der Waals surface area contributed by atoms with Crippen molar-refractivity contribution < 1.29 is 56.3 Å². The van der Waals surface area contributed by atoms with Crippen LogP contribution in [0, 0.1) is 5.41 Å². The molecule has 31 heavy (non-hydrogen) atoms. The number of carbonyl (C=O) groups is 2. The van der Waals surface area contributed by atoms with E-state index in [1.165, 1.54) is 0 Å². The van der Waals surface area contributed by atoms with Gasteiger partial charge in [-0.3, -0.25) is 9.59 Å². The summed E-state index contributed by atoms with van der Waals surface area (Å²) in [5, 5.41) is 33.6. The molecule has 0 aromatic rings. The summed E-state index contributed by atoms with van der Waals surface area (Å²) in [7, 11) is -7.64. The van der Waals surface area contributed by atoms with Crippen LogP contribution in [0.5, 0.6) is 0 Å². The van der Waals surface area contributed by atoms with E-state index in [0.29, 0.717) is 0 Å². The molecule has 0 saturated heterocycles. The molecular weight excluding hydrogens is 460 g/mol. The summed E-state index contributed by atoms with van der Waals surface area (Å²) in [6.07, 6.45) is 0.0424. The van der Waals surface area contributed by atoms with Gasteiger partial charge in [-0.2, -0.15) is 0 Å². The maximum absolute atomic E-state index is 11.8. The minimum atomic E-state index is -3.82. The monoisotopic (exact) mass is 492 g/mol. The summed E-state index contributed by atoms with van der Waals surface area (Å²) in [4.78, 5) is 21.5. The molecule has 0 radical (unpaired) electrons. The van der Waals surface area contributed by atoms with Crippen molar-refractivity contribution in [2.45, 2.75) is 37.2 Å². The van der Waals surface area contributed by atoms with Crippen LogP contribution in [0.3, 0.4) is 0 Å². The number of aliphatic carboxylic acids is 2. The number of carboxylic acid groups (broad SMARTS) is 2. The number of rotatable bonds is 18. The number of hydrogen-bond acceptors (Lipinski definition) is 10. The largest absolute Gasteiger partial charge is 0.480 e. The van der Waals surface area contributed by atoms with Crippen molar-refractivity contribution >= 4 is 31.6 Å². The van der Waals surface area contributed by atoms with Crippen LogP contribution in [0.25, 0.3) is 0 Å². The van der Waals surface area contributed by atoms with Crippen molar-refractivity contribution in [3.63, 3.8) is 0 Å². The molecule has 0 aliphatic carbocycles. The first-order valence-electron chi connectivity index (χ1n) is 9.50. The lowest BCUT2D eigenvalue weighted by molar-refractivity contribution is -0.137. The molecule has 0 heterocycles. The van der Waals surface area contributed by atoms with Gasteiger partial charge in [0, 0.05) is 13.2 Å². The Morgan fingerprint density at radius 3 is 1.35 bits per heavy atom. The highest BCUT2D eigenvalue weighted by molar-refractivity contribution is 7.93. The molecule has 4 N–H and O–H groups in total. The van der Waals surface area contributed by atoms with Gasteiger partial charge >= 0.3 is 11.9 Å². The summed E-state index contributed by atoms with van der Waals surface area (Å²) < 4.78 is 57.8. The fourth-order valence-electron chi connectivity index (χ4n) is 2.24. The molecule has 184 valence electrons. The number of ether oxygens (including phenoxy) is 2. The summed E-state index contributed by atoms with van der Waals surface area (Å²) in [6.45, 7) is 0.638. The highest BCUT2D eigenvalue weighted by atomic mass is 32.2. The van der Waals surface area contributed by atoms with Gasteiger partial charge in [-0.1, -0.05) is 0 Å². The molecule has 2 atom stereocenters. The van der Waals surface area contributed by atoms with Crippen LogP contribution in [0.4, 0.5) is 0 Å². The molecule has 0 aromatic heterocycles. The smallest absolute Gasteiger partial charge is 0.321 e. The van der Waals surface area contributed by atoms with E-state index in [1.807, 2.05) is 0 Å². The van der Waals surface area contributed by atoms with Gasteiger partial charge in [0.05, 0.1) is 43.3 Å². The van der Waals surface area contributed by atoms with E-state index in [1.54, 1.807) is 0 Å². The minimum Gasteiger partial charge on any atom is -0.480 e. The lowest BCUT2D eigenvalue weighted by Crippen LogP contribution is -2.40. The Bertz CT molecular complexity index is 709. The first-order valence-corrected chi connectivity index (χ1v) is 12.9. The minimum absolute atomic E-state index is 0.0212. The molecule has 2 unspecified atom stereocenters. The van der Waals surface area contributed by atoms with Gasteiger partial charge < -0.3 is 29.9 Å². The van der Waals surface area contributed by atoms with Crippen molar-refractivity contribution in [2.75, 3.05) is 51.1 Å². The van der Waals surface area contributed by atoms with Gasteiger partial charge in [0.25, 0.3) is 0 Å². The fourth-order valence-corrected chi connectivity index (χ4v) is 4.60. The van der Waals surface area contributed by atoms with E-state index in [0.717, 1.165) is 13.8 Å². The van der Waals surface area contributed by atoms with Gasteiger partial charge in [0.15, 0.2) is 30.2 Å².